The number of nitrogens with zero attached hydrogens (tertiary/aromatic N) is 2. The summed E-state index contributed by atoms with van der Waals surface area (Å²) in [6.45, 7) is 3.08. The average Bonchev–Trinajstić information content (AvgIpc) is 3.10. The van der Waals surface area contributed by atoms with Crippen LogP contribution in [0.4, 0.5) is 11.4 Å². The summed E-state index contributed by atoms with van der Waals surface area (Å²) >= 11 is 7.73. The van der Waals surface area contributed by atoms with Gasteiger partial charge in [-0.3, -0.25) is 9.69 Å². The second-order valence-electron chi connectivity index (χ2n) is 6.40. The van der Waals surface area contributed by atoms with Crippen molar-refractivity contribution in [3.05, 3.63) is 64.5 Å². The lowest BCUT2D eigenvalue weighted by Crippen LogP contribution is -2.32. The molecule has 148 valence electrons. The maximum absolute atomic E-state index is 13.1. The third-order valence-corrected chi connectivity index (χ3v) is 5.90. The third kappa shape index (κ3) is 3.63. The molecule has 0 bridgehead atoms. The Morgan fingerprint density at radius 3 is 2.72 bits per heavy atom. The number of ether oxygens (including phenoxy) is 1. The van der Waals surface area contributed by atoms with E-state index in [2.05, 4.69) is 5.16 Å². The number of aryl methyl sites for hydroxylation is 2. The van der Waals surface area contributed by atoms with Gasteiger partial charge in [0.1, 0.15) is 11.3 Å². The molecule has 29 heavy (non-hydrogen) atoms. The molecule has 8 heteroatoms. The number of esters is 1. The Bertz CT molecular complexity index is 1110. The molecule has 0 unspecified atom stereocenters. The van der Waals surface area contributed by atoms with E-state index in [1.165, 1.54) is 0 Å². The minimum absolute atomic E-state index is 0.276. The number of halogens is 1. The van der Waals surface area contributed by atoms with Gasteiger partial charge in [0, 0.05) is 14.8 Å². The highest BCUT2D eigenvalue weighted by Crippen LogP contribution is 2.48. The van der Waals surface area contributed by atoms with Crippen LogP contribution in [0.3, 0.4) is 0 Å². The van der Waals surface area contributed by atoms with E-state index in [0.717, 1.165) is 15.5 Å². The van der Waals surface area contributed by atoms with Crippen molar-refractivity contribution in [2.75, 3.05) is 11.5 Å². The molecule has 0 radical (unpaired) electrons. The minimum atomic E-state index is -0.625. The van der Waals surface area contributed by atoms with Crippen molar-refractivity contribution >= 4 is 46.6 Å². The van der Waals surface area contributed by atoms with E-state index in [4.69, 9.17) is 20.9 Å². The van der Waals surface area contributed by atoms with Crippen LogP contribution in [-0.2, 0) is 16.0 Å². The molecule has 1 aliphatic rings. The highest BCUT2D eigenvalue weighted by Gasteiger charge is 2.30. The van der Waals surface area contributed by atoms with Gasteiger partial charge in [0.15, 0.2) is 6.61 Å². The number of amides is 1. The number of hydrogen-bond acceptors (Lipinski definition) is 6. The molecule has 0 spiro atoms. The summed E-state index contributed by atoms with van der Waals surface area (Å²) in [6.07, 6.45) is 0.526. The monoisotopic (exact) mass is 428 g/mol. The van der Waals surface area contributed by atoms with Crippen LogP contribution in [0.25, 0.3) is 0 Å². The average molecular weight is 429 g/mol. The summed E-state index contributed by atoms with van der Waals surface area (Å²) < 4.78 is 10.4. The van der Waals surface area contributed by atoms with Gasteiger partial charge in [-0.1, -0.05) is 47.6 Å². The Morgan fingerprint density at radius 1 is 1.17 bits per heavy atom. The summed E-state index contributed by atoms with van der Waals surface area (Å²) in [4.78, 5) is 29.0. The van der Waals surface area contributed by atoms with Crippen molar-refractivity contribution in [2.45, 2.75) is 30.1 Å². The molecule has 1 amide bonds. The number of para-hydroxylation sites is 1. The van der Waals surface area contributed by atoms with Gasteiger partial charge in [0.25, 0.3) is 5.91 Å². The van der Waals surface area contributed by atoms with Gasteiger partial charge >= 0.3 is 5.97 Å². The van der Waals surface area contributed by atoms with Crippen LogP contribution >= 0.6 is 23.4 Å². The summed E-state index contributed by atoms with van der Waals surface area (Å²) in [7, 11) is 0. The Morgan fingerprint density at radius 2 is 1.93 bits per heavy atom. The highest BCUT2D eigenvalue weighted by atomic mass is 35.5. The Hall–Kier alpha value is -2.77. The van der Waals surface area contributed by atoms with Crippen LogP contribution in [-0.4, -0.2) is 23.6 Å². The molecule has 4 rings (SSSR count). The fourth-order valence-corrected chi connectivity index (χ4v) is 4.39. The van der Waals surface area contributed by atoms with Crippen molar-refractivity contribution in [1.29, 1.82) is 0 Å². The van der Waals surface area contributed by atoms with E-state index in [1.807, 2.05) is 37.3 Å². The van der Waals surface area contributed by atoms with Crippen LogP contribution in [0.5, 0.6) is 0 Å². The zero-order valence-corrected chi connectivity index (χ0v) is 17.3. The van der Waals surface area contributed by atoms with Crippen molar-refractivity contribution in [3.8, 4) is 0 Å². The molecule has 0 atom stereocenters. The van der Waals surface area contributed by atoms with Gasteiger partial charge in [-0.25, -0.2) is 4.79 Å². The second-order valence-corrected chi connectivity index (χ2v) is 7.92. The van der Waals surface area contributed by atoms with E-state index in [1.54, 1.807) is 35.7 Å². The number of carbonyl (C=O) groups is 2. The number of fused-ring (bicyclic) bond motifs is 2. The first kappa shape index (κ1) is 19.5. The molecule has 2 heterocycles. The molecule has 0 fully saturated rings. The highest BCUT2D eigenvalue weighted by molar-refractivity contribution is 7.99. The summed E-state index contributed by atoms with van der Waals surface area (Å²) in [5.74, 6) is -0.627. The Labute approximate surface area is 176 Å². The quantitative estimate of drug-likeness (QED) is 0.533. The maximum atomic E-state index is 13.1. The minimum Gasteiger partial charge on any atom is -0.452 e. The van der Waals surface area contributed by atoms with Crippen molar-refractivity contribution < 1.29 is 18.8 Å². The summed E-state index contributed by atoms with van der Waals surface area (Å²) in [6, 6.07) is 13.0. The molecular weight excluding hydrogens is 412 g/mol. The van der Waals surface area contributed by atoms with Crippen LogP contribution < -0.4 is 4.90 Å². The van der Waals surface area contributed by atoms with E-state index >= 15 is 0 Å². The zero-order valence-electron chi connectivity index (χ0n) is 15.8. The maximum Gasteiger partial charge on any atom is 0.344 e. The molecule has 0 saturated carbocycles. The molecular formula is C21H17ClN2O4S. The lowest BCUT2D eigenvalue weighted by molar-refractivity contribution is -0.121. The van der Waals surface area contributed by atoms with E-state index in [-0.39, 0.29) is 11.5 Å². The standard InChI is InChI=1S/C21H17ClN2O4S/c1-3-14-20(12(2)28-23-14)21(26)27-11-19(25)24-15-6-4-5-7-17(15)29-18-9-8-13(22)10-16(18)24/h4-10H,3,11H2,1-2H3. The van der Waals surface area contributed by atoms with Crippen LogP contribution in [0.1, 0.15) is 28.7 Å². The predicted octanol–water partition coefficient (Wildman–Crippen LogP) is 5.19. The molecule has 0 aliphatic carbocycles. The third-order valence-electron chi connectivity index (χ3n) is 4.54. The largest absolute Gasteiger partial charge is 0.452 e. The van der Waals surface area contributed by atoms with E-state index in [0.29, 0.717) is 28.6 Å². The fourth-order valence-electron chi connectivity index (χ4n) is 3.18. The van der Waals surface area contributed by atoms with E-state index in [9.17, 15) is 9.59 Å². The van der Waals surface area contributed by atoms with Crippen molar-refractivity contribution in [3.63, 3.8) is 0 Å². The van der Waals surface area contributed by atoms with Gasteiger partial charge in [-0.05, 0) is 43.7 Å². The second kappa shape index (κ2) is 7.93. The molecule has 1 aliphatic heterocycles. The number of carbonyl (C=O) groups excluding carboxylic acids is 2. The number of aromatic nitrogens is 1. The van der Waals surface area contributed by atoms with Crippen LogP contribution in [0.2, 0.25) is 5.02 Å². The van der Waals surface area contributed by atoms with E-state index < -0.39 is 12.6 Å². The van der Waals surface area contributed by atoms with Gasteiger partial charge < -0.3 is 9.26 Å². The van der Waals surface area contributed by atoms with Crippen LogP contribution in [0, 0.1) is 6.92 Å². The Balaban J connectivity index is 1.61. The fraction of sp³-hybridized carbons (Fsp3) is 0.190. The van der Waals surface area contributed by atoms with Crippen molar-refractivity contribution in [2.24, 2.45) is 0 Å². The molecule has 2 aromatic carbocycles. The lowest BCUT2D eigenvalue weighted by Gasteiger charge is -2.31. The smallest absolute Gasteiger partial charge is 0.344 e. The predicted molar refractivity (Wildman–Crippen MR) is 110 cm³/mol. The lowest BCUT2D eigenvalue weighted by atomic mass is 10.1. The first-order chi connectivity index (χ1) is 14.0. The zero-order chi connectivity index (χ0) is 20.5. The first-order valence-corrected chi connectivity index (χ1v) is 10.2. The topological polar surface area (TPSA) is 72.6 Å². The number of benzene rings is 2. The number of anilines is 2. The molecule has 0 saturated heterocycles. The van der Waals surface area contributed by atoms with Gasteiger partial charge in [0.05, 0.1) is 17.1 Å². The summed E-state index contributed by atoms with van der Waals surface area (Å²) in [5, 5.41) is 4.37. The normalized spacial score (nSPS) is 12.3. The molecule has 0 N–H and O–H groups in total. The molecule has 6 nitrogen and oxygen atoms in total. The van der Waals surface area contributed by atoms with Crippen molar-refractivity contribution in [1.82, 2.24) is 5.16 Å². The van der Waals surface area contributed by atoms with Gasteiger partial charge in [0.2, 0.25) is 0 Å². The van der Waals surface area contributed by atoms with Gasteiger partial charge in [-0.2, -0.15) is 0 Å². The summed E-state index contributed by atoms with van der Waals surface area (Å²) in [5.41, 5.74) is 2.18. The number of rotatable bonds is 4. The first-order valence-electron chi connectivity index (χ1n) is 9.01. The number of hydrogen-bond donors (Lipinski definition) is 0. The van der Waals surface area contributed by atoms with Crippen LogP contribution in [0.15, 0.2) is 56.8 Å². The Kier molecular flexibility index (Phi) is 5.34. The molecule has 3 aromatic rings. The van der Waals surface area contributed by atoms with Gasteiger partial charge in [-0.15, -0.1) is 0 Å². The molecule has 1 aromatic heterocycles. The SMILES string of the molecule is CCc1noc(C)c1C(=O)OCC(=O)N1c2ccccc2Sc2ccc(Cl)cc21.